The van der Waals surface area contributed by atoms with Crippen molar-refractivity contribution in [2.75, 3.05) is 7.05 Å². The number of imidazole rings is 1. The van der Waals surface area contributed by atoms with Gasteiger partial charge in [0.15, 0.2) is 0 Å². The number of aromatic nitrogens is 3. The molecule has 0 aliphatic rings. The second-order valence-corrected chi connectivity index (χ2v) is 3.55. The van der Waals surface area contributed by atoms with E-state index in [-0.39, 0.29) is 11.9 Å². The molecule has 2 rings (SSSR count). The monoisotopic (exact) mass is 220 g/mol. The van der Waals surface area contributed by atoms with Crippen molar-refractivity contribution in [3.05, 3.63) is 48.1 Å². The van der Waals surface area contributed by atoms with Gasteiger partial charge in [-0.2, -0.15) is 0 Å². The molecule has 0 spiro atoms. The van der Waals surface area contributed by atoms with Crippen molar-refractivity contribution in [1.82, 2.24) is 19.9 Å². The van der Waals surface area contributed by atoms with E-state index >= 15 is 0 Å². The molecule has 0 saturated carbocycles. The van der Waals surface area contributed by atoms with E-state index in [2.05, 4.69) is 15.3 Å². The number of pyridine rings is 1. The van der Waals surface area contributed by atoms with E-state index in [0.717, 1.165) is 11.4 Å². The Morgan fingerprint density at radius 3 is 2.81 bits per heavy atom. The Balaban J connectivity index is 2.40. The highest BCUT2D eigenvalue weighted by molar-refractivity contribution is 5.22. The van der Waals surface area contributed by atoms with Crippen LogP contribution in [-0.2, 0) is 7.05 Å². The molecule has 0 bridgehead atoms. The molecule has 2 aromatic rings. The summed E-state index contributed by atoms with van der Waals surface area (Å²) in [5, 5.41) is 3.10. The number of rotatable bonds is 3. The summed E-state index contributed by atoms with van der Waals surface area (Å²) in [4.78, 5) is 8.08. The molecule has 2 heterocycles. The maximum absolute atomic E-state index is 13.1. The fourth-order valence-corrected chi connectivity index (χ4v) is 1.69. The van der Waals surface area contributed by atoms with Crippen LogP contribution in [0.1, 0.15) is 17.4 Å². The van der Waals surface area contributed by atoms with Crippen LogP contribution >= 0.6 is 0 Å². The fourth-order valence-electron chi connectivity index (χ4n) is 1.69. The van der Waals surface area contributed by atoms with E-state index in [1.54, 1.807) is 12.4 Å². The lowest BCUT2D eigenvalue weighted by atomic mass is 10.1. The van der Waals surface area contributed by atoms with Crippen LogP contribution in [0.15, 0.2) is 30.9 Å². The molecule has 1 N–H and O–H groups in total. The number of halogens is 1. The molecule has 0 aliphatic heterocycles. The Morgan fingerprint density at radius 2 is 2.25 bits per heavy atom. The van der Waals surface area contributed by atoms with Crippen molar-refractivity contribution in [2.45, 2.75) is 6.04 Å². The first-order chi connectivity index (χ1) is 7.72. The normalized spacial score (nSPS) is 12.7. The summed E-state index contributed by atoms with van der Waals surface area (Å²) in [5.74, 6) is 0.488. The van der Waals surface area contributed by atoms with Crippen LogP contribution in [0.25, 0.3) is 0 Å². The summed E-state index contributed by atoms with van der Waals surface area (Å²) in [6.45, 7) is 0. The first-order valence-electron chi connectivity index (χ1n) is 4.97. The van der Waals surface area contributed by atoms with Crippen molar-refractivity contribution in [3.8, 4) is 0 Å². The minimum atomic E-state index is -0.341. The Bertz CT molecular complexity index is 480. The maximum atomic E-state index is 13.1. The van der Waals surface area contributed by atoms with Crippen molar-refractivity contribution >= 4 is 0 Å². The molecular weight excluding hydrogens is 207 g/mol. The largest absolute Gasteiger partial charge is 0.336 e. The van der Waals surface area contributed by atoms with E-state index < -0.39 is 0 Å². The summed E-state index contributed by atoms with van der Waals surface area (Å²) >= 11 is 0. The highest BCUT2D eigenvalue weighted by atomic mass is 19.1. The summed E-state index contributed by atoms with van der Waals surface area (Å²) in [6, 6.07) is 1.31. The SMILES string of the molecule is CNC(c1cncc(F)c1)c1nccn1C. The second kappa shape index (κ2) is 4.40. The van der Waals surface area contributed by atoms with Gasteiger partial charge in [-0.25, -0.2) is 9.37 Å². The van der Waals surface area contributed by atoms with Crippen LogP contribution in [-0.4, -0.2) is 21.6 Å². The highest BCUT2D eigenvalue weighted by Crippen LogP contribution is 2.19. The number of aryl methyl sites for hydroxylation is 1. The van der Waals surface area contributed by atoms with E-state index in [0.29, 0.717) is 0 Å². The molecule has 1 atom stereocenters. The first kappa shape index (κ1) is 10.8. The minimum absolute atomic E-state index is 0.150. The summed E-state index contributed by atoms with van der Waals surface area (Å²) < 4.78 is 15.0. The molecule has 84 valence electrons. The summed E-state index contributed by atoms with van der Waals surface area (Å²) in [7, 11) is 3.71. The molecule has 5 heteroatoms. The molecule has 16 heavy (non-hydrogen) atoms. The molecular formula is C11H13FN4. The highest BCUT2D eigenvalue weighted by Gasteiger charge is 2.16. The average Bonchev–Trinajstić information content (AvgIpc) is 2.67. The zero-order valence-corrected chi connectivity index (χ0v) is 9.18. The predicted octanol–water partition coefficient (Wildman–Crippen LogP) is 1.26. The van der Waals surface area contributed by atoms with Crippen LogP contribution in [0.5, 0.6) is 0 Å². The van der Waals surface area contributed by atoms with Crippen LogP contribution in [0.4, 0.5) is 4.39 Å². The molecule has 0 radical (unpaired) electrons. The van der Waals surface area contributed by atoms with Gasteiger partial charge in [-0.3, -0.25) is 4.98 Å². The van der Waals surface area contributed by atoms with Crippen LogP contribution in [0, 0.1) is 5.82 Å². The van der Waals surface area contributed by atoms with Gasteiger partial charge in [0.05, 0.1) is 12.2 Å². The Hall–Kier alpha value is -1.75. The minimum Gasteiger partial charge on any atom is -0.336 e. The van der Waals surface area contributed by atoms with E-state index in [1.807, 2.05) is 24.9 Å². The molecule has 4 nitrogen and oxygen atoms in total. The van der Waals surface area contributed by atoms with Gasteiger partial charge in [0, 0.05) is 25.6 Å². The standard InChI is InChI=1S/C11H13FN4/c1-13-10(11-15-3-4-16(11)2)8-5-9(12)7-14-6-8/h3-7,10,13H,1-2H3. The lowest BCUT2D eigenvalue weighted by molar-refractivity contribution is 0.590. The Morgan fingerprint density at radius 1 is 1.44 bits per heavy atom. The molecule has 0 aromatic carbocycles. The summed E-state index contributed by atoms with van der Waals surface area (Å²) in [6.07, 6.45) is 6.40. The van der Waals surface area contributed by atoms with Crippen LogP contribution in [0.2, 0.25) is 0 Å². The van der Waals surface area contributed by atoms with Crippen LogP contribution < -0.4 is 5.32 Å². The lowest BCUT2D eigenvalue weighted by Gasteiger charge is -2.15. The summed E-state index contributed by atoms with van der Waals surface area (Å²) in [5.41, 5.74) is 0.761. The molecule has 0 saturated heterocycles. The van der Waals surface area contributed by atoms with Crippen molar-refractivity contribution in [2.24, 2.45) is 7.05 Å². The van der Waals surface area contributed by atoms with Crippen molar-refractivity contribution in [3.63, 3.8) is 0 Å². The van der Waals surface area contributed by atoms with E-state index in [9.17, 15) is 4.39 Å². The van der Waals surface area contributed by atoms with E-state index in [4.69, 9.17) is 0 Å². The third-order valence-corrected chi connectivity index (χ3v) is 2.46. The Kier molecular flexibility index (Phi) is 2.96. The Labute approximate surface area is 93.2 Å². The topological polar surface area (TPSA) is 42.7 Å². The zero-order chi connectivity index (χ0) is 11.5. The van der Waals surface area contributed by atoms with Gasteiger partial charge in [0.25, 0.3) is 0 Å². The molecule has 1 unspecified atom stereocenters. The van der Waals surface area contributed by atoms with Crippen LogP contribution in [0.3, 0.4) is 0 Å². The molecule has 0 fully saturated rings. The first-order valence-corrected chi connectivity index (χ1v) is 4.97. The lowest BCUT2D eigenvalue weighted by Crippen LogP contribution is -2.21. The van der Waals surface area contributed by atoms with E-state index in [1.165, 1.54) is 12.3 Å². The van der Waals surface area contributed by atoms with Gasteiger partial charge >= 0.3 is 0 Å². The number of hydrogen-bond acceptors (Lipinski definition) is 3. The van der Waals surface area contributed by atoms with Crippen molar-refractivity contribution < 1.29 is 4.39 Å². The van der Waals surface area contributed by atoms with Gasteiger partial charge in [-0.05, 0) is 18.7 Å². The second-order valence-electron chi connectivity index (χ2n) is 3.55. The third kappa shape index (κ3) is 1.94. The number of nitrogens with one attached hydrogen (secondary N) is 1. The molecule has 0 aliphatic carbocycles. The van der Waals surface area contributed by atoms with Gasteiger partial charge in [0.2, 0.25) is 0 Å². The number of nitrogens with zero attached hydrogens (tertiary/aromatic N) is 3. The third-order valence-electron chi connectivity index (χ3n) is 2.46. The smallest absolute Gasteiger partial charge is 0.141 e. The van der Waals surface area contributed by atoms with Gasteiger partial charge in [-0.15, -0.1) is 0 Å². The number of hydrogen-bond donors (Lipinski definition) is 1. The average molecular weight is 220 g/mol. The molecule has 2 aromatic heterocycles. The van der Waals surface area contributed by atoms with Gasteiger partial charge < -0.3 is 9.88 Å². The van der Waals surface area contributed by atoms with Gasteiger partial charge in [-0.1, -0.05) is 0 Å². The van der Waals surface area contributed by atoms with Crippen molar-refractivity contribution in [1.29, 1.82) is 0 Å². The van der Waals surface area contributed by atoms with Gasteiger partial charge in [0.1, 0.15) is 11.6 Å². The zero-order valence-electron chi connectivity index (χ0n) is 9.18. The molecule has 0 amide bonds. The maximum Gasteiger partial charge on any atom is 0.141 e. The predicted molar refractivity (Wildman–Crippen MR) is 58.3 cm³/mol. The quantitative estimate of drug-likeness (QED) is 0.846. The fraction of sp³-hybridized carbons (Fsp3) is 0.273.